The van der Waals surface area contributed by atoms with E-state index in [0.29, 0.717) is 22.4 Å². The van der Waals surface area contributed by atoms with E-state index in [-0.39, 0.29) is 17.0 Å². The van der Waals surface area contributed by atoms with Crippen molar-refractivity contribution >= 4 is 17.3 Å². The lowest BCUT2D eigenvalue weighted by atomic mass is 10.0. The Morgan fingerprint density at radius 2 is 1.66 bits per heavy atom. The van der Waals surface area contributed by atoms with Crippen LogP contribution in [0.2, 0.25) is 5.02 Å². The molecule has 0 aromatic heterocycles. The van der Waals surface area contributed by atoms with Gasteiger partial charge in [-0.15, -0.1) is 0 Å². The van der Waals surface area contributed by atoms with Crippen LogP contribution in [0, 0.1) is 23.4 Å². The molecule has 0 atom stereocenters. The average molecular weight is 416 g/mol. The molecule has 29 heavy (non-hydrogen) atoms. The molecule has 1 aliphatic carbocycles. The topological polar surface area (TPSA) is 21.6 Å². The zero-order chi connectivity index (χ0) is 20.4. The van der Waals surface area contributed by atoms with Gasteiger partial charge in [-0.3, -0.25) is 0 Å². The van der Waals surface area contributed by atoms with Gasteiger partial charge in [-0.05, 0) is 36.1 Å². The van der Waals surface area contributed by atoms with Gasteiger partial charge in [-0.1, -0.05) is 59.2 Å². The van der Waals surface area contributed by atoms with Crippen LogP contribution in [0.25, 0.3) is 11.1 Å². The summed E-state index contributed by atoms with van der Waals surface area (Å²) in [6.07, 6.45) is 1.95. The van der Waals surface area contributed by atoms with Crippen molar-refractivity contribution < 1.29 is 18.0 Å². The molecule has 0 N–H and O–H groups in total. The molecule has 0 bridgehead atoms. The predicted octanol–water partition coefficient (Wildman–Crippen LogP) is 6.76. The van der Waals surface area contributed by atoms with Gasteiger partial charge < -0.3 is 4.84 Å². The zero-order valence-electron chi connectivity index (χ0n) is 15.3. The third-order valence-corrected chi connectivity index (χ3v) is 5.06. The second kappa shape index (κ2) is 8.29. The van der Waals surface area contributed by atoms with Crippen molar-refractivity contribution in [1.29, 1.82) is 0 Å². The van der Waals surface area contributed by atoms with Crippen LogP contribution in [0.3, 0.4) is 0 Å². The molecule has 0 radical (unpaired) electrons. The number of oxime groups is 1. The summed E-state index contributed by atoms with van der Waals surface area (Å²) in [5.41, 5.74) is 1.25. The monoisotopic (exact) mass is 415 g/mol. The Morgan fingerprint density at radius 3 is 2.31 bits per heavy atom. The fourth-order valence-corrected chi connectivity index (χ4v) is 3.27. The molecule has 2 nitrogen and oxygen atoms in total. The van der Waals surface area contributed by atoms with Crippen LogP contribution in [-0.4, -0.2) is 5.71 Å². The van der Waals surface area contributed by atoms with Crippen LogP contribution in [0.15, 0.2) is 65.8 Å². The van der Waals surface area contributed by atoms with Gasteiger partial charge in [0.15, 0.2) is 0 Å². The molecule has 0 amide bonds. The summed E-state index contributed by atoms with van der Waals surface area (Å²) < 4.78 is 43.4. The van der Waals surface area contributed by atoms with Crippen LogP contribution < -0.4 is 0 Å². The van der Waals surface area contributed by atoms with Gasteiger partial charge in [0, 0.05) is 17.0 Å². The summed E-state index contributed by atoms with van der Waals surface area (Å²) in [6, 6.07) is 16.0. The van der Waals surface area contributed by atoms with E-state index < -0.39 is 24.1 Å². The molecule has 4 rings (SSSR count). The molecule has 0 spiro atoms. The molecule has 1 fully saturated rings. The molecule has 3 aromatic rings. The Bertz CT molecular complexity index is 1050. The third kappa shape index (κ3) is 4.30. The average Bonchev–Trinajstić information content (AvgIpc) is 3.54. The number of nitrogens with zero attached hydrogens (tertiary/aromatic N) is 1. The minimum atomic E-state index is -1.01. The van der Waals surface area contributed by atoms with E-state index in [1.807, 2.05) is 12.1 Å². The van der Waals surface area contributed by atoms with Crippen LogP contribution in [-0.2, 0) is 11.4 Å². The molecule has 0 aliphatic heterocycles. The lowest BCUT2D eigenvalue weighted by Crippen LogP contribution is -2.07. The zero-order valence-corrected chi connectivity index (χ0v) is 16.1. The normalized spacial score (nSPS) is 14.1. The van der Waals surface area contributed by atoms with Gasteiger partial charge in [0.2, 0.25) is 0 Å². The number of hydrogen-bond donors (Lipinski definition) is 0. The van der Waals surface area contributed by atoms with Gasteiger partial charge in [-0.2, -0.15) is 0 Å². The second-order valence-corrected chi connectivity index (χ2v) is 7.34. The Balaban J connectivity index is 1.61. The van der Waals surface area contributed by atoms with E-state index in [0.717, 1.165) is 18.4 Å². The smallest absolute Gasteiger partial charge is 0.148 e. The predicted molar refractivity (Wildman–Crippen MR) is 107 cm³/mol. The van der Waals surface area contributed by atoms with Crippen molar-refractivity contribution in [2.75, 3.05) is 0 Å². The summed E-state index contributed by atoms with van der Waals surface area (Å²) in [6.45, 7) is -0.443. The second-order valence-electron chi connectivity index (χ2n) is 6.90. The fourth-order valence-electron chi connectivity index (χ4n) is 3.14. The van der Waals surface area contributed by atoms with E-state index in [1.165, 1.54) is 0 Å². The Hall–Kier alpha value is -2.79. The lowest BCUT2D eigenvalue weighted by Gasteiger charge is -2.11. The van der Waals surface area contributed by atoms with Crippen LogP contribution in [0.1, 0.15) is 24.0 Å². The molecular weight excluding hydrogens is 399 g/mol. The maximum absolute atomic E-state index is 14.9. The lowest BCUT2D eigenvalue weighted by molar-refractivity contribution is 0.124. The van der Waals surface area contributed by atoms with Crippen molar-refractivity contribution in [2.45, 2.75) is 19.4 Å². The molecule has 148 valence electrons. The molecule has 0 saturated heterocycles. The van der Waals surface area contributed by atoms with E-state index in [2.05, 4.69) is 5.16 Å². The first-order valence-electron chi connectivity index (χ1n) is 9.22. The van der Waals surface area contributed by atoms with E-state index in [9.17, 15) is 13.2 Å². The quantitative estimate of drug-likeness (QED) is 0.322. The maximum Gasteiger partial charge on any atom is 0.148 e. The highest BCUT2D eigenvalue weighted by molar-refractivity contribution is 6.30. The number of benzene rings is 3. The van der Waals surface area contributed by atoms with E-state index in [1.54, 1.807) is 42.5 Å². The van der Waals surface area contributed by atoms with Gasteiger partial charge in [0.25, 0.3) is 0 Å². The van der Waals surface area contributed by atoms with Crippen molar-refractivity contribution in [3.63, 3.8) is 0 Å². The number of rotatable bonds is 6. The highest BCUT2D eigenvalue weighted by Crippen LogP contribution is 2.34. The molecule has 3 aromatic carbocycles. The van der Waals surface area contributed by atoms with Crippen LogP contribution in [0.4, 0.5) is 13.2 Å². The maximum atomic E-state index is 14.9. The minimum absolute atomic E-state index is 0.249. The van der Waals surface area contributed by atoms with Crippen molar-refractivity contribution in [3.8, 4) is 11.1 Å². The summed E-state index contributed by atoms with van der Waals surface area (Å²) in [7, 11) is 0. The van der Waals surface area contributed by atoms with Crippen LogP contribution in [0.5, 0.6) is 0 Å². The van der Waals surface area contributed by atoms with Gasteiger partial charge in [-0.25, -0.2) is 13.2 Å². The molecule has 6 heteroatoms. The first-order valence-corrected chi connectivity index (χ1v) is 9.60. The van der Waals surface area contributed by atoms with Crippen molar-refractivity contribution in [1.82, 2.24) is 0 Å². The summed E-state index contributed by atoms with van der Waals surface area (Å²) >= 11 is 5.92. The first kappa shape index (κ1) is 19.5. The van der Waals surface area contributed by atoms with E-state index >= 15 is 0 Å². The summed E-state index contributed by atoms with van der Waals surface area (Å²) in [5, 5.41) is 4.74. The number of hydrogen-bond acceptors (Lipinski definition) is 2. The highest BCUT2D eigenvalue weighted by Gasteiger charge is 2.29. The highest BCUT2D eigenvalue weighted by atomic mass is 35.5. The summed E-state index contributed by atoms with van der Waals surface area (Å²) in [5.74, 6) is -2.70. The molecule has 0 unspecified atom stereocenters. The molecular formula is C23H17ClF3NO. The standard InChI is InChI=1S/C23H17ClF3NO/c24-17-10-8-16(9-11-17)23(15-6-7-15)28-29-13-18-19(25)12-20(26)21(22(18)27)14-4-2-1-3-5-14/h1-5,8-12,15H,6-7,13H2/b28-23+. The Labute approximate surface area is 171 Å². The Kier molecular flexibility index (Phi) is 5.58. The SMILES string of the molecule is Fc1cc(F)c(-c2ccccc2)c(F)c1CO/N=C(/c1ccc(Cl)cc1)C1CC1. The first-order chi connectivity index (χ1) is 14.0. The van der Waals surface area contributed by atoms with Gasteiger partial charge in [0.05, 0.1) is 16.8 Å². The van der Waals surface area contributed by atoms with Crippen molar-refractivity contribution in [3.05, 3.63) is 94.3 Å². The van der Waals surface area contributed by atoms with E-state index in [4.69, 9.17) is 16.4 Å². The third-order valence-electron chi connectivity index (χ3n) is 4.80. The van der Waals surface area contributed by atoms with Gasteiger partial charge in [0.1, 0.15) is 24.1 Å². The van der Waals surface area contributed by atoms with Gasteiger partial charge >= 0.3 is 0 Å². The molecule has 1 saturated carbocycles. The summed E-state index contributed by atoms with van der Waals surface area (Å²) in [4.78, 5) is 5.31. The minimum Gasteiger partial charge on any atom is -0.390 e. The number of halogens is 4. The molecule has 1 aliphatic rings. The largest absolute Gasteiger partial charge is 0.390 e. The van der Waals surface area contributed by atoms with Crippen LogP contribution >= 0.6 is 11.6 Å². The molecule has 0 heterocycles. The fraction of sp³-hybridized carbons (Fsp3) is 0.174. The Morgan fingerprint density at radius 1 is 0.966 bits per heavy atom. The van der Waals surface area contributed by atoms with Crippen molar-refractivity contribution in [2.24, 2.45) is 11.1 Å².